The molecule has 0 aliphatic carbocycles. The molecule has 2 heterocycles. The Kier molecular flexibility index (Phi) is 9.22. The van der Waals surface area contributed by atoms with Crippen LogP contribution in [0, 0.1) is 0 Å². The Morgan fingerprint density at radius 3 is 2.51 bits per heavy atom. The minimum Gasteiger partial charge on any atom is -0.494 e. The summed E-state index contributed by atoms with van der Waals surface area (Å²) in [4.78, 5) is 35.0. The highest BCUT2D eigenvalue weighted by Crippen LogP contribution is 2.32. The zero-order valence-corrected chi connectivity index (χ0v) is 21.9. The average molecular weight is 543 g/mol. The van der Waals surface area contributed by atoms with Crippen LogP contribution in [0.4, 0.5) is 0 Å². The molecule has 1 aliphatic rings. The standard InChI is InChI=1S/C27H28Cl2N4O4/c1-32-13-15-33(16-14-32)27(35)23(11-17-36-20-6-3-2-4-7-20)31-25(34)21-8-5-12-30-26(21)37-24-10-9-19(28)18-22(24)29/h2-10,12,18,23H,11,13-17H2,1H3,(H,31,34). The van der Waals surface area contributed by atoms with Crippen LogP contribution >= 0.6 is 23.2 Å². The van der Waals surface area contributed by atoms with E-state index in [1.54, 1.807) is 35.2 Å². The third-order valence-corrected chi connectivity index (χ3v) is 6.48. The summed E-state index contributed by atoms with van der Waals surface area (Å²) in [6, 6.07) is 16.5. The van der Waals surface area contributed by atoms with Crippen LogP contribution in [0.5, 0.6) is 17.4 Å². The number of ether oxygens (including phenoxy) is 2. The number of hydrogen-bond donors (Lipinski definition) is 1. The summed E-state index contributed by atoms with van der Waals surface area (Å²) in [5.41, 5.74) is 0.175. The molecule has 2 amide bonds. The van der Waals surface area contributed by atoms with E-state index in [9.17, 15) is 9.59 Å². The fraction of sp³-hybridized carbons (Fsp3) is 0.296. The first-order valence-corrected chi connectivity index (χ1v) is 12.7. The third kappa shape index (κ3) is 7.35. The molecule has 1 fully saturated rings. The van der Waals surface area contributed by atoms with Gasteiger partial charge in [0.25, 0.3) is 5.91 Å². The number of halogens is 2. The van der Waals surface area contributed by atoms with Gasteiger partial charge in [-0.2, -0.15) is 0 Å². The highest BCUT2D eigenvalue weighted by atomic mass is 35.5. The van der Waals surface area contributed by atoms with Crippen molar-refractivity contribution in [3.63, 3.8) is 0 Å². The van der Waals surface area contributed by atoms with Crippen LogP contribution in [0.15, 0.2) is 66.9 Å². The molecule has 4 rings (SSSR count). The highest BCUT2D eigenvalue weighted by Gasteiger charge is 2.29. The van der Waals surface area contributed by atoms with E-state index in [1.165, 1.54) is 6.20 Å². The molecule has 2 aromatic carbocycles. The number of aromatic nitrogens is 1. The number of para-hydroxylation sites is 1. The van der Waals surface area contributed by atoms with E-state index in [0.717, 1.165) is 13.1 Å². The molecule has 1 saturated heterocycles. The predicted octanol–water partition coefficient (Wildman–Crippen LogP) is 4.52. The molecule has 1 aromatic heterocycles. The minimum atomic E-state index is -0.785. The van der Waals surface area contributed by atoms with Crippen molar-refractivity contribution < 1.29 is 19.1 Å². The number of pyridine rings is 1. The number of amides is 2. The van der Waals surface area contributed by atoms with Crippen LogP contribution in [0.25, 0.3) is 0 Å². The Morgan fingerprint density at radius 1 is 1.03 bits per heavy atom. The molecular weight excluding hydrogens is 515 g/mol. The van der Waals surface area contributed by atoms with Gasteiger partial charge in [0.2, 0.25) is 11.8 Å². The Labute approximate surface area is 226 Å². The zero-order chi connectivity index (χ0) is 26.2. The molecular formula is C27H28Cl2N4O4. The number of nitrogens with one attached hydrogen (secondary N) is 1. The first kappa shape index (κ1) is 26.7. The number of carbonyl (C=O) groups excluding carboxylic acids is 2. The van der Waals surface area contributed by atoms with Crippen molar-refractivity contribution in [1.29, 1.82) is 0 Å². The van der Waals surface area contributed by atoms with Gasteiger partial charge in [-0.05, 0) is 49.5 Å². The second-order valence-corrected chi connectivity index (χ2v) is 9.48. The van der Waals surface area contributed by atoms with Crippen molar-refractivity contribution >= 4 is 35.0 Å². The second kappa shape index (κ2) is 12.8. The normalized spacial score (nSPS) is 14.6. The van der Waals surface area contributed by atoms with E-state index in [0.29, 0.717) is 36.0 Å². The van der Waals surface area contributed by atoms with Gasteiger partial charge in [0, 0.05) is 43.8 Å². The molecule has 1 aliphatic heterocycles. The van der Waals surface area contributed by atoms with Crippen molar-refractivity contribution in [3.05, 3.63) is 82.5 Å². The average Bonchev–Trinajstić information content (AvgIpc) is 2.90. The molecule has 1 atom stereocenters. The lowest BCUT2D eigenvalue weighted by molar-refractivity contribution is -0.135. The smallest absolute Gasteiger partial charge is 0.257 e. The van der Waals surface area contributed by atoms with Gasteiger partial charge < -0.3 is 24.6 Å². The Morgan fingerprint density at radius 2 is 1.78 bits per heavy atom. The maximum atomic E-state index is 13.4. The molecule has 0 radical (unpaired) electrons. The summed E-state index contributed by atoms with van der Waals surface area (Å²) >= 11 is 12.2. The summed E-state index contributed by atoms with van der Waals surface area (Å²) in [7, 11) is 2.02. The van der Waals surface area contributed by atoms with E-state index in [4.69, 9.17) is 32.7 Å². The number of rotatable bonds is 9. The van der Waals surface area contributed by atoms with Gasteiger partial charge in [-0.1, -0.05) is 41.4 Å². The lowest BCUT2D eigenvalue weighted by atomic mass is 10.1. The van der Waals surface area contributed by atoms with Crippen LogP contribution in [0.3, 0.4) is 0 Å². The van der Waals surface area contributed by atoms with E-state index in [1.807, 2.05) is 37.4 Å². The van der Waals surface area contributed by atoms with Crippen molar-refractivity contribution in [2.75, 3.05) is 39.8 Å². The maximum absolute atomic E-state index is 13.4. The highest BCUT2D eigenvalue weighted by molar-refractivity contribution is 6.35. The summed E-state index contributed by atoms with van der Waals surface area (Å²) in [5.74, 6) is 0.434. The molecule has 10 heteroatoms. The second-order valence-electron chi connectivity index (χ2n) is 8.64. The number of carbonyl (C=O) groups is 2. The molecule has 1 N–H and O–H groups in total. The number of nitrogens with zero attached hydrogens (tertiary/aromatic N) is 3. The lowest BCUT2D eigenvalue weighted by Gasteiger charge is -2.34. The summed E-state index contributed by atoms with van der Waals surface area (Å²) in [6.07, 6.45) is 1.81. The molecule has 0 bridgehead atoms. The summed E-state index contributed by atoms with van der Waals surface area (Å²) < 4.78 is 11.6. The Hall–Kier alpha value is -3.33. The van der Waals surface area contributed by atoms with Gasteiger partial charge in [0.1, 0.15) is 23.1 Å². The van der Waals surface area contributed by atoms with E-state index < -0.39 is 11.9 Å². The van der Waals surface area contributed by atoms with Crippen LogP contribution in [0.2, 0.25) is 10.0 Å². The monoisotopic (exact) mass is 542 g/mol. The first-order valence-electron chi connectivity index (χ1n) is 11.9. The van der Waals surface area contributed by atoms with Gasteiger partial charge in [-0.25, -0.2) is 4.98 Å². The van der Waals surface area contributed by atoms with Crippen molar-refractivity contribution in [3.8, 4) is 17.4 Å². The van der Waals surface area contributed by atoms with E-state index in [-0.39, 0.29) is 29.0 Å². The number of likely N-dealkylation sites (N-methyl/N-ethyl adjacent to an activating group) is 1. The van der Waals surface area contributed by atoms with Gasteiger partial charge >= 0.3 is 0 Å². The van der Waals surface area contributed by atoms with Gasteiger partial charge in [-0.15, -0.1) is 0 Å². The van der Waals surface area contributed by atoms with Gasteiger partial charge in [0.15, 0.2) is 0 Å². The topological polar surface area (TPSA) is 84.0 Å². The zero-order valence-electron chi connectivity index (χ0n) is 20.4. The molecule has 37 heavy (non-hydrogen) atoms. The third-order valence-electron chi connectivity index (χ3n) is 5.95. The summed E-state index contributed by atoms with van der Waals surface area (Å²) in [5, 5.41) is 3.62. The van der Waals surface area contributed by atoms with Gasteiger partial charge in [-0.3, -0.25) is 9.59 Å². The molecule has 1 unspecified atom stereocenters. The van der Waals surface area contributed by atoms with E-state index >= 15 is 0 Å². The predicted molar refractivity (Wildman–Crippen MR) is 143 cm³/mol. The molecule has 0 saturated carbocycles. The first-order chi connectivity index (χ1) is 17.9. The molecule has 0 spiro atoms. The molecule has 194 valence electrons. The van der Waals surface area contributed by atoms with Crippen molar-refractivity contribution in [2.45, 2.75) is 12.5 Å². The molecule has 3 aromatic rings. The SMILES string of the molecule is CN1CCN(C(=O)C(CCOc2ccccc2)NC(=O)c2cccnc2Oc2ccc(Cl)cc2Cl)CC1. The van der Waals surface area contributed by atoms with E-state index in [2.05, 4.69) is 15.2 Å². The Balaban J connectivity index is 1.49. The molecule has 8 nitrogen and oxygen atoms in total. The number of hydrogen-bond acceptors (Lipinski definition) is 6. The quantitative estimate of drug-likeness (QED) is 0.427. The van der Waals surface area contributed by atoms with Gasteiger partial charge in [0.05, 0.1) is 11.6 Å². The number of piperazine rings is 1. The van der Waals surface area contributed by atoms with Crippen molar-refractivity contribution in [2.24, 2.45) is 0 Å². The largest absolute Gasteiger partial charge is 0.494 e. The maximum Gasteiger partial charge on any atom is 0.257 e. The number of benzene rings is 2. The summed E-state index contributed by atoms with van der Waals surface area (Å²) in [6.45, 7) is 2.99. The Bertz CT molecular complexity index is 1220. The lowest BCUT2D eigenvalue weighted by Crippen LogP contribution is -2.54. The minimum absolute atomic E-state index is 0.0653. The van der Waals surface area contributed by atoms with Crippen LogP contribution in [0.1, 0.15) is 16.8 Å². The van der Waals surface area contributed by atoms with Crippen LogP contribution in [-0.4, -0.2) is 72.5 Å². The fourth-order valence-corrected chi connectivity index (χ4v) is 4.31. The van der Waals surface area contributed by atoms with Crippen molar-refractivity contribution in [1.82, 2.24) is 20.1 Å². The fourth-order valence-electron chi connectivity index (χ4n) is 3.86. The van der Waals surface area contributed by atoms with Crippen LogP contribution in [-0.2, 0) is 4.79 Å². The van der Waals surface area contributed by atoms with Crippen LogP contribution < -0.4 is 14.8 Å².